The molecule has 3 heterocycles. The van der Waals surface area contributed by atoms with Gasteiger partial charge in [-0.25, -0.2) is 34.1 Å². The third-order valence-electron chi connectivity index (χ3n) is 11.2. The third-order valence-corrected chi connectivity index (χ3v) is 11.2. The summed E-state index contributed by atoms with van der Waals surface area (Å²) >= 11 is 0. The normalized spacial score (nSPS) is 17.9. The summed E-state index contributed by atoms with van der Waals surface area (Å²) in [7, 11) is 4.41. The lowest BCUT2D eigenvalue weighted by Crippen LogP contribution is -2.64. The zero-order valence-electron chi connectivity index (χ0n) is 41.4. The summed E-state index contributed by atoms with van der Waals surface area (Å²) in [6.45, 7) is 1.19. The Hall–Kier alpha value is -9.29. The number of methoxy groups -OCH3 is 1. The lowest BCUT2D eigenvalue weighted by molar-refractivity contribution is -0.384. The van der Waals surface area contributed by atoms with Crippen LogP contribution in [0, 0.1) is 10.1 Å². The minimum Gasteiger partial charge on any atom is -0.467 e. The molecule has 1 fully saturated rings. The number of benzene rings is 4. The molecule has 0 unspecified atom stereocenters. The number of carbonyl (C=O) groups is 6. The van der Waals surface area contributed by atoms with Gasteiger partial charge in [-0.2, -0.15) is 4.98 Å². The van der Waals surface area contributed by atoms with Crippen molar-refractivity contribution in [3.63, 3.8) is 0 Å². The second-order valence-electron chi connectivity index (χ2n) is 16.9. The number of rotatable bonds is 20. The van der Waals surface area contributed by atoms with Gasteiger partial charge in [-0.3, -0.25) is 29.1 Å². The summed E-state index contributed by atoms with van der Waals surface area (Å²) in [4.78, 5) is 126. The maximum absolute atomic E-state index is 14.4. The maximum Gasteiger partial charge on any atom is 0.339 e. The van der Waals surface area contributed by atoms with Gasteiger partial charge in [-0.1, -0.05) is 66.7 Å². The van der Waals surface area contributed by atoms with Gasteiger partial charge >= 0.3 is 35.8 Å². The van der Waals surface area contributed by atoms with Crippen LogP contribution < -0.4 is 5.56 Å². The van der Waals surface area contributed by atoms with E-state index in [0.717, 1.165) is 27.2 Å². The fraction of sp³-hybridized carbons (Fsp3) is 0.288. The third kappa shape index (κ3) is 13.7. The Labute approximate surface area is 432 Å². The Morgan fingerprint density at radius 2 is 1.30 bits per heavy atom. The number of hydrogen-bond donors (Lipinski definition) is 0. The van der Waals surface area contributed by atoms with E-state index < -0.39 is 95.8 Å². The van der Waals surface area contributed by atoms with Crippen LogP contribution in [0.3, 0.4) is 0 Å². The summed E-state index contributed by atoms with van der Waals surface area (Å²) in [5, 5.41) is 11.3. The molecule has 24 heteroatoms. The van der Waals surface area contributed by atoms with E-state index in [9.17, 15) is 43.7 Å². The molecule has 7 rings (SSSR count). The molecule has 0 spiro atoms. The number of nitrogens with zero attached hydrogens (tertiary/aromatic N) is 7. The molecule has 4 aromatic carbocycles. The number of aromatic nitrogens is 4. The molecular weight excluding hydrogens is 995 g/mol. The van der Waals surface area contributed by atoms with Crippen molar-refractivity contribution in [2.24, 2.45) is 4.99 Å². The largest absolute Gasteiger partial charge is 0.467 e. The number of aryl methyl sites for hydroxylation is 1. The van der Waals surface area contributed by atoms with E-state index in [1.165, 1.54) is 59.4 Å². The SMILES string of the molecule is COC(=O)[C@H]1O[C@H](OC[C@@H](OC(C)=O)[C@@H](OC(C)=O)c2cnc3nc(/N=C/N(C)C)n(CCc4ccc([N+](=O)[O-])cc4)c(=O)c3n2)[C@H](OC(=O)c2ccccc2)[C@@H](OC(=O)c2ccccc2)[C@@H]1OC(=O)c1ccccc1. The molecule has 0 N–H and O–H groups in total. The molecule has 0 aliphatic carbocycles. The summed E-state index contributed by atoms with van der Waals surface area (Å²) in [5.41, 5.74) is -0.992. The average molecular weight is 1040 g/mol. The van der Waals surface area contributed by atoms with Crippen molar-refractivity contribution in [2.45, 2.75) is 69.7 Å². The summed E-state index contributed by atoms with van der Waals surface area (Å²) in [5.74, 6) is -6.13. The molecule has 2 aromatic heterocycles. The summed E-state index contributed by atoms with van der Waals surface area (Å²) in [6, 6.07) is 28.5. The first-order valence-electron chi connectivity index (χ1n) is 23.2. The molecule has 76 heavy (non-hydrogen) atoms. The quantitative estimate of drug-likeness (QED) is 0.0250. The number of non-ortho nitro benzene ring substituents is 1. The van der Waals surface area contributed by atoms with Gasteiger partial charge < -0.3 is 42.8 Å². The van der Waals surface area contributed by atoms with Crippen LogP contribution in [-0.4, -0.2) is 136 Å². The second kappa shape index (κ2) is 25.1. The highest BCUT2D eigenvalue weighted by Crippen LogP contribution is 2.33. The van der Waals surface area contributed by atoms with E-state index >= 15 is 0 Å². The minimum atomic E-state index is -1.98. The Balaban J connectivity index is 1.29. The van der Waals surface area contributed by atoms with Gasteiger partial charge in [0.2, 0.25) is 5.95 Å². The zero-order chi connectivity index (χ0) is 54.5. The Morgan fingerprint density at radius 1 is 0.763 bits per heavy atom. The first kappa shape index (κ1) is 54.5. The Bertz CT molecular complexity index is 3160. The van der Waals surface area contributed by atoms with E-state index in [1.807, 2.05) is 0 Å². The topological polar surface area (TPSA) is 296 Å². The molecule has 1 aliphatic rings. The number of fused-ring (bicyclic) bond motifs is 1. The predicted octanol–water partition coefficient (Wildman–Crippen LogP) is 4.69. The van der Waals surface area contributed by atoms with Gasteiger partial charge in [0.25, 0.3) is 11.2 Å². The zero-order valence-corrected chi connectivity index (χ0v) is 41.4. The highest BCUT2D eigenvalue weighted by Gasteiger charge is 2.56. The van der Waals surface area contributed by atoms with Crippen LogP contribution in [0.5, 0.6) is 0 Å². The highest BCUT2D eigenvalue weighted by atomic mass is 16.7. The predicted molar refractivity (Wildman–Crippen MR) is 264 cm³/mol. The second-order valence-corrected chi connectivity index (χ2v) is 16.9. The number of carbonyl (C=O) groups excluding carboxylic acids is 6. The number of aliphatic imine (C=N–C) groups is 1. The molecule has 394 valence electrons. The lowest BCUT2D eigenvalue weighted by atomic mass is 9.97. The molecule has 1 saturated heterocycles. The van der Waals surface area contributed by atoms with E-state index in [2.05, 4.69) is 19.9 Å². The Kier molecular flexibility index (Phi) is 18.0. The van der Waals surface area contributed by atoms with Crippen molar-refractivity contribution in [1.29, 1.82) is 0 Å². The van der Waals surface area contributed by atoms with Gasteiger partial charge in [0, 0.05) is 46.6 Å². The number of nitro benzene ring substituents is 1. The van der Waals surface area contributed by atoms with Crippen molar-refractivity contribution in [3.8, 4) is 0 Å². The fourth-order valence-electron chi connectivity index (χ4n) is 7.65. The number of hydrogen-bond acceptors (Lipinski definition) is 21. The molecule has 0 radical (unpaired) electrons. The van der Waals surface area contributed by atoms with Gasteiger partial charge in [-0.05, 0) is 48.4 Å². The van der Waals surface area contributed by atoms with E-state index in [0.29, 0.717) is 5.56 Å². The first-order valence-corrected chi connectivity index (χ1v) is 23.2. The van der Waals surface area contributed by atoms with Crippen molar-refractivity contribution >= 4 is 65.0 Å². The van der Waals surface area contributed by atoms with E-state index in [4.69, 9.17) is 37.9 Å². The van der Waals surface area contributed by atoms with Crippen LogP contribution >= 0.6 is 0 Å². The molecule has 7 atom stereocenters. The fourth-order valence-corrected chi connectivity index (χ4v) is 7.65. The lowest BCUT2D eigenvalue weighted by Gasteiger charge is -2.43. The molecule has 0 amide bonds. The number of ether oxygens (including phenoxy) is 8. The highest BCUT2D eigenvalue weighted by molar-refractivity contribution is 5.92. The van der Waals surface area contributed by atoms with Gasteiger partial charge in [-0.15, -0.1) is 0 Å². The smallest absolute Gasteiger partial charge is 0.339 e. The maximum atomic E-state index is 14.4. The van der Waals surface area contributed by atoms with Crippen LogP contribution in [0.4, 0.5) is 11.6 Å². The van der Waals surface area contributed by atoms with Crippen molar-refractivity contribution in [1.82, 2.24) is 24.4 Å². The van der Waals surface area contributed by atoms with Crippen molar-refractivity contribution in [3.05, 3.63) is 170 Å². The van der Waals surface area contributed by atoms with Crippen LogP contribution in [-0.2, 0) is 65.2 Å². The molecule has 0 bridgehead atoms. The monoisotopic (exact) mass is 1040 g/mol. The number of nitro groups is 1. The van der Waals surface area contributed by atoms with Crippen molar-refractivity contribution in [2.75, 3.05) is 27.8 Å². The molecule has 24 nitrogen and oxygen atoms in total. The van der Waals surface area contributed by atoms with Crippen LogP contribution in [0.25, 0.3) is 11.2 Å². The molecular formula is C52H49N7O17. The minimum absolute atomic E-state index is 0.00132. The molecule has 0 saturated carbocycles. The van der Waals surface area contributed by atoms with Crippen LogP contribution in [0.1, 0.15) is 62.3 Å². The van der Waals surface area contributed by atoms with E-state index in [-0.39, 0.29) is 58.1 Å². The summed E-state index contributed by atoms with van der Waals surface area (Å²) in [6.07, 6.45) is -10.4. The molecule has 1 aliphatic heterocycles. The number of esters is 6. The van der Waals surface area contributed by atoms with E-state index in [1.54, 1.807) is 85.7 Å². The van der Waals surface area contributed by atoms with Gasteiger partial charge in [0.1, 0.15) is 5.69 Å². The van der Waals surface area contributed by atoms with Crippen LogP contribution in [0.2, 0.25) is 0 Å². The average Bonchev–Trinajstić information content (AvgIpc) is 3.42. The van der Waals surface area contributed by atoms with Gasteiger partial charge in [0.05, 0.1) is 47.9 Å². The molecule has 6 aromatic rings. The van der Waals surface area contributed by atoms with Crippen LogP contribution in [0.15, 0.2) is 131 Å². The standard InChI is InChI=1S/C52H49N7O17/c1-30(60)71-38(40(72-31(2)61)37-27-53-45-39(55-37)46(62)58(52(56-45)54-29-57(3)4)26-25-32-21-23-36(24-22-32)59(67)68)28-70-51-44(75-49(65)35-19-13-8-14-20-35)42(74-48(64)34-17-11-7-12-18-34)41(43(76-51)50(66)69-5)73-47(63)33-15-9-6-10-16-33/h6-24,27,29,38,40-44,51H,25-26,28H2,1-5H3/b54-29+/t38-,40+,41+,42+,43+,44-,51+/m1/s1. The Morgan fingerprint density at radius 3 is 1.82 bits per heavy atom. The van der Waals surface area contributed by atoms with Gasteiger partial charge in [0.15, 0.2) is 54.1 Å². The van der Waals surface area contributed by atoms with Crippen molar-refractivity contribution < 1.29 is 71.6 Å². The first-order chi connectivity index (χ1) is 36.5. The summed E-state index contributed by atoms with van der Waals surface area (Å²) < 4.78 is 48.0.